The summed E-state index contributed by atoms with van der Waals surface area (Å²) in [6.45, 7) is -0.549. The van der Waals surface area contributed by atoms with Crippen molar-refractivity contribution in [2.45, 2.75) is 37.5 Å². The lowest BCUT2D eigenvalue weighted by atomic mass is 9.99. The number of carbonyl (C=O) groups is 2. The summed E-state index contributed by atoms with van der Waals surface area (Å²) in [7, 11) is 0. The molecular weight excluding hydrogens is 307 g/mol. The van der Waals surface area contributed by atoms with Crippen molar-refractivity contribution in [3.8, 4) is 0 Å². The molecule has 1 aliphatic heterocycles. The number of alkyl halides is 3. The van der Waals surface area contributed by atoms with Crippen LogP contribution in [0.4, 0.5) is 18.0 Å². The molecule has 2 aliphatic rings. The van der Waals surface area contributed by atoms with E-state index in [1.54, 1.807) is 0 Å². The third-order valence-corrected chi connectivity index (χ3v) is 3.70. The van der Waals surface area contributed by atoms with E-state index in [1.165, 1.54) is 0 Å². The van der Waals surface area contributed by atoms with Crippen molar-refractivity contribution < 1.29 is 37.0 Å². The van der Waals surface area contributed by atoms with Crippen molar-refractivity contribution in [1.29, 1.82) is 0 Å². The van der Waals surface area contributed by atoms with E-state index in [1.807, 2.05) is 0 Å². The Labute approximate surface area is 125 Å². The van der Waals surface area contributed by atoms with Crippen LogP contribution in [0.2, 0.25) is 0 Å². The summed E-state index contributed by atoms with van der Waals surface area (Å²) in [5.41, 5.74) is -0.440. The molecule has 0 aromatic rings. The topological polar surface area (TPSA) is 73.9 Å². The van der Waals surface area contributed by atoms with E-state index in [2.05, 4.69) is 10.1 Å². The van der Waals surface area contributed by atoms with Crippen LogP contribution in [-0.2, 0) is 19.0 Å². The first kappa shape index (κ1) is 16.9. The molecule has 1 unspecified atom stereocenters. The maximum Gasteiger partial charge on any atom is 0.422 e. The van der Waals surface area contributed by atoms with E-state index in [9.17, 15) is 22.8 Å². The summed E-state index contributed by atoms with van der Waals surface area (Å²) in [5.74, 6) is -0.276. The number of halogens is 3. The number of hydrogen-bond acceptors (Lipinski definition) is 5. The van der Waals surface area contributed by atoms with Gasteiger partial charge in [-0.15, -0.1) is 0 Å². The summed E-state index contributed by atoms with van der Waals surface area (Å²) < 4.78 is 50.1. The van der Waals surface area contributed by atoms with Gasteiger partial charge < -0.3 is 19.5 Å². The fourth-order valence-electron chi connectivity index (χ4n) is 2.41. The van der Waals surface area contributed by atoms with Gasteiger partial charge in [-0.25, -0.2) is 4.79 Å². The smallest absolute Gasteiger partial charge is 0.422 e. The molecule has 22 heavy (non-hydrogen) atoms. The van der Waals surface area contributed by atoms with Crippen LogP contribution < -0.4 is 5.32 Å². The van der Waals surface area contributed by atoms with Crippen LogP contribution in [0.15, 0.2) is 0 Å². The molecule has 0 spiro atoms. The van der Waals surface area contributed by atoms with Crippen LogP contribution in [0.3, 0.4) is 0 Å². The molecule has 6 nitrogen and oxygen atoms in total. The van der Waals surface area contributed by atoms with Gasteiger partial charge in [0.05, 0.1) is 13.0 Å². The van der Waals surface area contributed by atoms with Crippen LogP contribution in [0.5, 0.6) is 0 Å². The first-order valence-electron chi connectivity index (χ1n) is 7.08. The molecular formula is C13H18F3NO5. The minimum atomic E-state index is -4.57. The second-order valence-electron chi connectivity index (χ2n) is 5.47. The predicted octanol–water partition coefficient (Wildman–Crippen LogP) is 1.78. The predicted molar refractivity (Wildman–Crippen MR) is 67.0 cm³/mol. The average molecular weight is 325 g/mol. The average Bonchev–Trinajstić information content (AvgIpc) is 2.99. The Morgan fingerprint density at radius 1 is 1.32 bits per heavy atom. The lowest BCUT2D eigenvalue weighted by Crippen LogP contribution is -2.33. The molecule has 0 bridgehead atoms. The van der Waals surface area contributed by atoms with Gasteiger partial charge in [-0.1, -0.05) is 0 Å². The summed E-state index contributed by atoms with van der Waals surface area (Å²) in [6.07, 6.45) is -3.44. The third-order valence-electron chi connectivity index (χ3n) is 3.70. The number of ether oxygens (including phenoxy) is 3. The number of rotatable bonds is 6. The SMILES string of the molecule is O=C(CCNC(=O)OCC(F)(F)F)OC1(C2CCOC2)CC1. The van der Waals surface area contributed by atoms with Crippen molar-refractivity contribution in [2.24, 2.45) is 5.92 Å². The molecule has 1 atom stereocenters. The number of alkyl carbamates (subject to hydrolysis) is 1. The van der Waals surface area contributed by atoms with Gasteiger partial charge >= 0.3 is 18.2 Å². The van der Waals surface area contributed by atoms with E-state index < -0.39 is 30.4 Å². The lowest BCUT2D eigenvalue weighted by molar-refractivity contribution is -0.160. The molecule has 9 heteroatoms. The molecule has 1 amide bonds. The Hall–Kier alpha value is -1.51. The molecule has 2 rings (SSSR count). The van der Waals surface area contributed by atoms with E-state index in [0.717, 1.165) is 19.3 Å². The monoisotopic (exact) mass is 325 g/mol. The number of carbonyl (C=O) groups excluding carboxylic acids is 2. The fraction of sp³-hybridized carbons (Fsp3) is 0.846. The summed E-state index contributed by atoms with van der Waals surface area (Å²) in [6, 6.07) is 0. The van der Waals surface area contributed by atoms with E-state index >= 15 is 0 Å². The zero-order valence-electron chi connectivity index (χ0n) is 11.9. The van der Waals surface area contributed by atoms with Gasteiger partial charge in [-0.3, -0.25) is 4.79 Å². The van der Waals surface area contributed by atoms with Gasteiger partial charge in [0.1, 0.15) is 5.60 Å². The number of amides is 1. The van der Waals surface area contributed by atoms with Crippen molar-refractivity contribution >= 4 is 12.1 Å². The first-order chi connectivity index (χ1) is 10.3. The van der Waals surface area contributed by atoms with Crippen LogP contribution in [0.25, 0.3) is 0 Å². The van der Waals surface area contributed by atoms with Gasteiger partial charge in [0.15, 0.2) is 6.61 Å². The van der Waals surface area contributed by atoms with Gasteiger partial charge in [0.25, 0.3) is 0 Å². The quantitative estimate of drug-likeness (QED) is 0.754. The Morgan fingerprint density at radius 2 is 2.05 bits per heavy atom. The molecule has 0 radical (unpaired) electrons. The zero-order valence-corrected chi connectivity index (χ0v) is 11.9. The molecule has 1 N–H and O–H groups in total. The molecule has 1 heterocycles. The molecule has 1 saturated carbocycles. The third kappa shape index (κ3) is 5.04. The molecule has 1 aliphatic carbocycles. The van der Waals surface area contributed by atoms with E-state index in [4.69, 9.17) is 9.47 Å². The van der Waals surface area contributed by atoms with Gasteiger partial charge in [-0.2, -0.15) is 13.2 Å². The number of hydrogen-bond donors (Lipinski definition) is 1. The fourth-order valence-corrected chi connectivity index (χ4v) is 2.41. The van der Waals surface area contributed by atoms with Crippen molar-refractivity contribution in [1.82, 2.24) is 5.32 Å². The zero-order chi connectivity index (χ0) is 16.2. The van der Waals surface area contributed by atoms with Crippen molar-refractivity contribution in [2.75, 3.05) is 26.4 Å². The minimum Gasteiger partial charge on any atom is -0.459 e. The Kier molecular flexibility index (Phi) is 5.15. The largest absolute Gasteiger partial charge is 0.459 e. The molecule has 0 aromatic heterocycles. The molecule has 126 valence electrons. The highest BCUT2D eigenvalue weighted by Gasteiger charge is 2.54. The Bertz CT molecular complexity index is 416. The van der Waals surface area contributed by atoms with E-state index in [-0.39, 0.29) is 18.9 Å². The van der Waals surface area contributed by atoms with Gasteiger partial charge in [0, 0.05) is 19.1 Å². The Balaban J connectivity index is 1.61. The highest BCUT2D eigenvalue weighted by molar-refractivity contribution is 5.72. The summed E-state index contributed by atoms with van der Waals surface area (Å²) in [5, 5.41) is 2.08. The lowest BCUT2D eigenvalue weighted by Gasteiger charge is -2.22. The molecule has 1 saturated heterocycles. The van der Waals surface area contributed by atoms with Gasteiger partial charge in [-0.05, 0) is 19.3 Å². The van der Waals surface area contributed by atoms with Crippen LogP contribution >= 0.6 is 0 Å². The highest BCUT2D eigenvalue weighted by atomic mass is 19.4. The van der Waals surface area contributed by atoms with Crippen LogP contribution in [0.1, 0.15) is 25.7 Å². The van der Waals surface area contributed by atoms with Crippen LogP contribution in [0, 0.1) is 5.92 Å². The molecule has 2 fully saturated rings. The maximum absolute atomic E-state index is 11.8. The second-order valence-corrected chi connectivity index (χ2v) is 5.47. The first-order valence-corrected chi connectivity index (χ1v) is 7.08. The standard InChI is InChI=1S/C13H18F3NO5/c14-13(15,16)8-21-11(19)17-5-1-10(18)22-12(3-4-12)9-2-6-20-7-9/h9H,1-8H2,(H,17,19). The molecule has 0 aromatic carbocycles. The van der Waals surface area contributed by atoms with E-state index in [0.29, 0.717) is 13.2 Å². The number of esters is 1. The van der Waals surface area contributed by atoms with Gasteiger partial charge in [0.2, 0.25) is 0 Å². The second kappa shape index (κ2) is 6.72. The van der Waals surface area contributed by atoms with Crippen molar-refractivity contribution in [3.63, 3.8) is 0 Å². The maximum atomic E-state index is 11.8. The van der Waals surface area contributed by atoms with Crippen molar-refractivity contribution in [3.05, 3.63) is 0 Å². The summed E-state index contributed by atoms with van der Waals surface area (Å²) >= 11 is 0. The normalized spacial score (nSPS) is 23.0. The Morgan fingerprint density at radius 3 is 2.59 bits per heavy atom. The highest BCUT2D eigenvalue weighted by Crippen LogP contribution is 2.49. The van der Waals surface area contributed by atoms with Crippen LogP contribution in [-0.4, -0.2) is 50.2 Å². The minimum absolute atomic E-state index is 0.115. The summed E-state index contributed by atoms with van der Waals surface area (Å²) in [4.78, 5) is 22.7. The number of nitrogens with one attached hydrogen (secondary N) is 1.